The molecule has 1 aliphatic rings. The van der Waals surface area contributed by atoms with Crippen molar-refractivity contribution < 1.29 is 19.1 Å². The number of urea groups is 1. The summed E-state index contributed by atoms with van der Waals surface area (Å²) in [6, 6.07) is 15.0. The summed E-state index contributed by atoms with van der Waals surface area (Å²) in [5, 5.41) is 2.41. The van der Waals surface area contributed by atoms with Crippen molar-refractivity contribution in [3.8, 4) is 11.1 Å². The highest BCUT2D eigenvalue weighted by Crippen LogP contribution is 2.26. The number of methoxy groups -OCH3 is 1. The molecule has 198 valence electrons. The Hall–Kier alpha value is -4.20. The predicted molar refractivity (Wildman–Crippen MR) is 146 cm³/mol. The third-order valence-corrected chi connectivity index (χ3v) is 6.67. The van der Waals surface area contributed by atoms with Gasteiger partial charge in [-0.25, -0.2) is 14.6 Å². The van der Waals surface area contributed by atoms with E-state index in [2.05, 4.69) is 21.8 Å². The summed E-state index contributed by atoms with van der Waals surface area (Å²) in [4.78, 5) is 43.3. The lowest BCUT2D eigenvalue weighted by Gasteiger charge is -2.16. The van der Waals surface area contributed by atoms with E-state index in [0.717, 1.165) is 60.3 Å². The van der Waals surface area contributed by atoms with Crippen molar-refractivity contribution in [1.29, 1.82) is 0 Å². The number of benzene rings is 2. The first kappa shape index (κ1) is 26.9. The van der Waals surface area contributed by atoms with E-state index in [9.17, 15) is 14.4 Å². The molecule has 0 atom stereocenters. The number of esters is 1. The quantitative estimate of drug-likeness (QED) is 0.210. The van der Waals surface area contributed by atoms with Crippen molar-refractivity contribution in [1.82, 2.24) is 19.8 Å². The number of imidazole rings is 1. The van der Waals surface area contributed by atoms with Crippen LogP contribution in [0.5, 0.6) is 0 Å². The molecular weight excluding hydrogens is 480 g/mol. The van der Waals surface area contributed by atoms with E-state index in [-0.39, 0.29) is 17.9 Å². The fourth-order valence-corrected chi connectivity index (χ4v) is 4.54. The number of amides is 3. The zero-order valence-corrected chi connectivity index (χ0v) is 22.2. The van der Waals surface area contributed by atoms with Gasteiger partial charge in [-0.05, 0) is 41.7 Å². The van der Waals surface area contributed by atoms with E-state index in [1.807, 2.05) is 49.4 Å². The molecule has 1 N–H and O–H groups in total. The average Bonchev–Trinajstić information content (AvgIpc) is 3.44. The van der Waals surface area contributed by atoms with E-state index < -0.39 is 0 Å². The lowest BCUT2D eigenvalue weighted by atomic mass is 9.98. The monoisotopic (exact) mass is 514 g/mol. The van der Waals surface area contributed by atoms with Crippen LogP contribution < -0.4 is 5.32 Å². The van der Waals surface area contributed by atoms with Crippen LogP contribution in [0, 0.1) is 0 Å². The number of ether oxygens (including phenoxy) is 1. The number of hydrogen-bond donors (Lipinski definition) is 1. The predicted octanol–water partition coefficient (Wildman–Crippen LogP) is 5.42. The van der Waals surface area contributed by atoms with Crippen LogP contribution in [0.1, 0.15) is 67.0 Å². The molecule has 4 rings (SSSR count). The van der Waals surface area contributed by atoms with Crippen molar-refractivity contribution in [2.45, 2.75) is 52.5 Å². The molecule has 2 aromatic carbocycles. The van der Waals surface area contributed by atoms with Gasteiger partial charge in [-0.1, -0.05) is 69.2 Å². The average molecular weight is 515 g/mol. The first-order valence-electron chi connectivity index (χ1n) is 13.1. The van der Waals surface area contributed by atoms with E-state index in [1.54, 1.807) is 18.3 Å². The maximum atomic E-state index is 12.6. The highest BCUT2D eigenvalue weighted by Gasteiger charge is 2.32. The van der Waals surface area contributed by atoms with Crippen molar-refractivity contribution in [2.24, 2.45) is 0 Å². The molecule has 0 unspecified atom stereocenters. The lowest BCUT2D eigenvalue weighted by molar-refractivity contribution is -0.116. The number of hydrogen-bond acceptors (Lipinski definition) is 5. The first-order valence-corrected chi connectivity index (χ1v) is 13.1. The second kappa shape index (κ2) is 12.4. The van der Waals surface area contributed by atoms with Crippen LogP contribution in [-0.2, 0) is 22.5 Å². The number of aryl methyl sites for hydroxylation is 1. The molecule has 0 bridgehead atoms. The maximum absolute atomic E-state index is 12.6. The summed E-state index contributed by atoms with van der Waals surface area (Å²) in [6.07, 6.45) is 8.12. The van der Waals surface area contributed by atoms with Crippen molar-refractivity contribution in [2.75, 3.05) is 13.7 Å². The number of imide groups is 1. The summed E-state index contributed by atoms with van der Waals surface area (Å²) in [5.41, 5.74) is 4.42. The number of nitrogens with one attached hydrogen (secondary N) is 1. The van der Waals surface area contributed by atoms with Gasteiger partial charge in [0.25, 0.3) is 5.91 Å². The molecule has 3 aromatic rings. The van der Waals surface area contributed by atoms with Crippen LogP contribution in [-0.4, -0.2) is 46.0 Å². The lowest BCUT2D eigenvalue weighted by Crippen LogP contribution is -2.28. The SMILES string of the molecule is CCCCc1ncc(/C=C2\C(=O)NC(=O)N2CCCC)n1Cc1ccc(-c2ccccc2C(=O)OC)cc1. The van der Waals surface area contributed by atoms with E-state index in [0.29, 0.717) is 24.4 Å². The number of rotatable bonds is 11. The number of nitrogens with zero attached hydrogens (tertiary/aromatic N) is 3. The third-order valence-electron chi connectivity index (χ3n) is 6.67. The Labute approximate surface area is 223 Å². The van der Waals surface area contributed by atoms with Gasteiger partial charge in [0.05, 0.1) is 24.6 Å². The molecule has 0 radical (unpaired) electrons. The van der Waals surface area contributed by atoms with Crippen LogP contribution in [0.25, 0.3) is 17.2 Å². The molecular formula is C30H34N4O4. The highest BCUT2D eigenvalue weighted by molar-refractivity contribution is 6.13. The Kier molecular flexibility index (Phi) is 8.73. The van der Waals surface area contributed by atoms with E-state index in [1.165, 1.54) is 12.0 Å². The Morgan fingerprint density at radius 2 is 1.76 bits per heavy atom. The van der Waals surface area contributed by atoms with Crippen molar-refractivity contribution in [3.05, 3.63) is 83.1 Å². The summed E-state index contributed by atoms with van der Waals surface area (Å²) in [6.45, 7) is 5.24. The van der Waals surface area contributed by atoms with Gasteiger partial charge in [0.2, 0.25) is 0 Å². The van der Waals surface area contributed by atoms with Crippen LogP contribution in [0.3, 0.4) is 0 Å². The van der Waals surface area contributed by atoms with Gasteiger partial charge in [0.1, 0.15) is 11.5 Å². The topological polar surface area (TPSA) is 93.5 Å². The molecule has 8 nitrogen and oxygen atoms in total. The normalized spacial score (nSPS) is 14.3. The zero-order chi connectivity index (χ0) is 27.1. The van der Waals surface area contributed by atoms with Crippen LogP contribution in [0.4, 0.5) is 4.79 Å². The molecule has 8 heteroatoms. The summed E-state index contributed by atoms with van der Waals surface area (Å²) >= 11 is 0. The Bertz CT molecular complexity index is 1340. The molecule has 3 amide bonds. The summed E-state index contributed by atoms with van der Waals surface area (Å²) in [5.74, 6) is 0.176. The second-order valence-electron chi connectivity index (χ2n) is 9.32. The van der Waals surface area contributed by atoms with Gasteiger partial charge in [-0.2, -0.15) is 0 Å². The molecule has 0 aliphatic carbocycles. The van der Waals surface area contributed by atoms with Gasteiger partial charge in [-0.3, -0.25) is 15.0 Å². The van der Waals surface area contributed by atoms with E-state index in [4.69, 9.17) is 4.74 Å². The van der Waals surface area contributed by atoms with Crippen molar-refractivity contribution in [3.63, 3.8) is 0 Å². The number of carbonyl (C=O) groups is 3. The molecule has 0 saturated carbocycles. The van der Waals surface area contributed by atoms with Gasteiger partial charge >= 0.3 is 12.0 Å². The fourth-order valence-electron chi connectivity index (χ4n) is 4.54. The van der Waals surface area contributed by atoms with Crippen LogP contribution >= 0.6 is 0 Å². The zero-order valence-electron chi connectivity index (χ0n) is 22.2. The molecule has 1 saturated heterocycles. The Morgan fingerprint density at radius 1 is 1.03 bits per heavy atom. The van der Waals surface area contributed by atoms with Gasteiger partial charge < -0.3 is 9.30 Å². The van der Waals surface area contributed by atoms with Gasteiger partial charge in [0, 0.05) is 19.5 Å². The number of carbonyl (C=O) groups excluding carboxylic acids is 3. The minimum Gasteiger partial charge on any atom is -0.465 e. The Balaban J connectivity index is 1.65. The Morgan fingerprint density at radius 3 is 2.47 bits per heavy atom. The first-order chi connectivity index (χ1) is 18.5. The molecule has 0 spiro atoms. The minimum absolute atomic E-state index is 0.349. The summed E-state index contributed by atoms with van der Waals surface area (Å²) < 4.78 is 7.05. The minimum atomic E-state index is -0.386. The number of aromatic nitrogens is 2. The van der Waals surface area contributed by atoms with Crippen LogP contribution in [0.2, 0.25) is 0 Å². The smallest absolute Gasteiger partial charge is 0.338 e. The number of unbranched alkanes of at least 4 members (excludes halogenated alkanes) is 2. The highest BCUT2D eigenvalue weighted by atomic mass is 16.5. The van der Waals surface area contributed by atoms with Gasteiger partial charge in [0.15, 0.2) is 0 Å². The second-order valence-corrected chi connectivity index (χ2v) is 9.32. The van der Waals surface area contributed by atoms with Crippen LogP contribution in [0.15, 0.2) is 60.4 Å². The van der Waals surface area contributed by atoms with E-state index >= 15 is 0 Å². The fraction of sp³-hybridized carbons (Fsp3) is 0.333. The standard InChI is InChI=1S/C30H34N4O4/c1-4-6-12-27-31-19-23(18-26-28(35)32-30(37)33(26)17-7-5-2)34(27)20-21-13-15-22(16-14-21)24-10-8-9-11-25(24)29(36)38-3/h8-11,13-16,18-19H,4-7,12,17,20H2,1-3H3,(H,32,35,37)/b26-18+. The molecule has 1 fully saturated rings. The van der Waals surface area contributed by atoms with Gasteiger partial charge in [-0.15, -0.1) is 0 Å². The maximum Gasteiger partial charge on any atom is 0.338 e. The van der Waals surface area contributed by atoms with Crippen molar-refractivity contribution >= 4 is 24.0 Å². The molecule has 2 heterocycles. The molecule has 38 heavy (non-hydrogen) atoms. The third kappa shape index (κ3) is 5.85. The summed E-state index contributed by atoms with van der Waals surface area (Å²) in [7, 11) is 1.38. The largest absolute Gasteiger partial charge is 0.465 e. The molecule has 1 aromatic heterocycles. The molecule has 1 aliphatic heterocycles.